The predicted molar refractivity (Wildman–Crippen MR) is 122 cm³/mol. The average molecular weight is 440 g/mol. The van der Waals surface area contributed by atoms with Gasteiger partial charge in [-0.1, -0.05) is 6.07 Å². The summed E-state index contributed by atoms with van der Waals surface area (Å²) in [6.07, 6.45) is 5.77. The lowest BCUT2D eigenvalue weighted by Crippen LogP contribution is -2.52. The standard InChI is InChI=1S/C24H30FN5O2/c1-15-13-28-23-22(15)21(8-9-27-23)32-20-7-6-16(11-18(20)25)12-19(26)24(31)30-10-4-5-17(14-30)29(2)3/h6-9,11,13,17,19H,4-5,10,12,14,26H2,1-3H3,(H,27,28). The fraction of sp³-hybridized carbons (Fsp3) is 0.417. The number of carbonyl (C=O) groups is 1. The van der Waals surface area contributed by atoms with Crippen LogP contribution in [-0.2, 0) is 11.2 Å². The molecule has 32 heavy (non-hydrogen) atoms. The number of hydrogen-bond acceptors (Lipinski definition) is 5. The molecule has 1 amide bonds. The number of piperidine rings is 1. The number of likely N-dealkylation sites (N-methyl/N-ethyl adjacent to an activating group) is 1. The van der Waals surface area contributed by atoms with Gasteiger partial charge in [-0.25, -0.2) is 9.37 Å². The fourth-order valence-electron chi connectivity index (χ4n) is 4.29. The summed E-state index contributed by atoms with van der Waals surface area (Å²) >= 11 is 0. The maximum atomic E-state index is 14.8. The molecule has 170 valence electrons. The van der Waals surface area contributed by atoms with Crippen LogP contribution in [0, 0.1) is 12.7 Å². The molecule has 2 atom stereocenters. The van der Waals surface area contributed by atoms with E-state index in [9.17, 15) is 9.18 Å². The van der Waals surface area contributed by atoms with E-state index in [4.69, 9.17) is 10.5 Å². The number of aryl methyl sites for hydroxylation is 1. The number of carbonyl (C=O) groups excluding carboxylic acids is 1. The Balaban J connectivity index is 1.44. The molecule has 4 rings (SSSR count). The van der Waals surface area contributed by atoms with E-state index in [0.29, 0.717) is 29.5 Å². The minimum Gasteiger partial charge on any atom is -0.453 e. The van der Waals surface area contributed by atoms with Crippen LogP contribution in [0.5, 0.6) is 11.5 Å². The summed E-state index contributed by atoms with van der Waals surface area (Å²) in [7, 11) is 4.05. The van der Waals surface area contributed by atoms with Crippen LogP contribution in [0.4, 0.5) is 4.39 Å². The number of H-pyrrole nitrogens is 1. The van der Waals surface area contributed by atoms with E-state index in [1.165, 1.54) is 6.07 Å². The lowest BCUT2D eigenvalue weighted by atomic mass is 10.0. The van der Waals surface area contributed by atoms with Gasteiger partial charge in [0.1, 0.15) is 11.4 Å². The van der Waals surface area contributed by atoms with Crippen molar-refractivity contribution >= 4 is 16.9 Å². The lowest BCUT2D eigenvalue weighted by molar-refractivity contribution is -0.134. The van der Waals surface area contributed by atoms with Gasteiger partial charge in [0.25, 0.3) is 0 Å². The van der Waals surface area contributed by atoms with Crippen molar-refractivity contribution in [2.45, 2.75) is 38.3 Å². The van der Waals surface area contributed by atoms with Crippen molar-refractivity contribution in [2.24, 2.45) is 5.73 Å². The quantitative estimate of drug-likeness (QED) is 0.616. The summed E-state index contributed by atoms with van der Waals surface area (Å²) in [6.45, 7) is 3.34. The van der Waals surface area contributed by atoms with E-state index in [0.717, 1.165) is 30.3 Å². The number of nitrogens with zero attached hydrogens (tertiary/aromatic N) is 3. The molecular formula is C24H30FN5O2. The van der Waals surface area contributed by atoms with Crippen molar-refractivity contribution < 1.29 is 13.9 Å². The van der Waals surface area contributed by atoms with Crippen molar-refractivity contribution in [3.05, 3.63) is 53.6 Å². The SMILES string of the molecule is Cc1c[nH]c2nccc(Oc3ccc(CC(N)C(=O)N4CCCC(N(C)C)C4)cc3F)c12. The molecule has 0 aliphatic carbocycles. The van der Waals surface area contributed by atoms with Crippen LogP contribution in [0.1, 0.15) is 24.0 Å². The Bertz CT molecular complexity index is 1110. The third-order valence-corrected chi connectivity index (χ3v) is 6.16. The average Bonchev–Trinajstić information content (AvgIpc) is 3.17. The molecule has 0 saturated carbocycles. The third-order valence-electron chi connectivity index (χ3n) is 6.16. The summed E-state index contributed by atoms with van der Waals surface area (Å²) < 4.78 is 20.7. The molecule has 0 spiro atoms. The van der Waals surface area contributed by atoms with E-state index in [2.05, 4.69) is 14.9 Å². The van der Waals surface area contributed by atoms with Gasteiger partial charge in [-0.3, -0.25) is 4.79 Å². The highest BCUT2D eigenvalue weighted by molar-refractivity contribution is 5.86. The van der Waals surface area contributed by atoms with E-state index in [-0.39, 0.29) is 18.1 Å². The number of rotatable bonds is 6. The molecule has 2 aromatic heterocycles. The van der Waals surface area contributed by atoms with Gasteiger partial charge in [-0.15, -0.1) is 0 Å². The lowest BCUT2D eigenvalue weighted by Gasteiger charge is -2.37. The largest absolute Gasteiger partial charge is 0.453 e. The molecule has 2 unspecified atom stereocenters. The maximum absolute atomic E-state index is 14.8. The van der Waals surface area contributed by atoms with Crippen LogP contribution in [-0.4, -0.2) is 64.9 Å². The normalized spacial score (nSPS) is 17.7. The van der Waals surface area contributed by atoms with Crippen LogP contribution >= 0.6 is 0 Å². The second-order valence-corrected chi connectivity index (χ2v) is 8.73. The number of ether oxygens (including phenoxy) is 1. The minimum atomic E-state index is -0.704. The molecule has 3 N–H and O–H groups in total. The van der Waals surface area contributed by atoms with Crippen LogP contribution in [0.15, 0.2) is 36.7 Å². The third kappa shape index (κ3) is 4.61. The number of halogens is 1. The van der Waals surface area contributed by atoms with Gasteiger partial charge in [0.15, 0.2) is 11.6 Å². The number of fused-ring (bicyclic) bond motifs is 1. The zero-order valence-corrected chi connectivity index (χ0v) is 18.8. The number of nitrogens with one attached hydrogen (secondary N) is 1. The van der Waals surface area contributed by atoms with E-state index < -0.39 is 11.9 Å². The Hall–Kier alpha value is -2.97. The highest BCUT2D eigenvalue weighted by Crippen LogP contribution is 2.32. The molecule has 1 fully saturated rings. The number of likely N-dealkylation sites (tertiary alicyclic amines) is 1. The van der Waals surface area contributed by atoms with Crippen molar-refractivity contribution in [3.8, 4) is 11.5 Å². The van der Waals surface area contributed by atoms with E-state index in [1.807, 2.05) is 32.1 Å². The van der Waals surface area contributed by atoms with Gasteiger partial charge in [0.2, 0.25) is 5.91 Å². The number of pyridine rings is 1. The minimum absolute atomic E-state index is 0.0839. The van der Waals surface area contributed by atoms with E-state index >= 15 is 0 Å². The Kier molecular flexibility index (Phi) is 6.43. The Labute approximate surface area is 187 Å². The van der Waals surface area contributed by atoms with Crippen LogP contribution < -0.4 is 10.5 Å². The summed E-state index contributed by atoms with van der Waals surface area (Å²) in [5.41, 5.74) is 8.53. The molecule has 3 heterocycles. The number of aromatic amines is 1. The molecular weight excluding hydrogens is 409 g/mol. The highest BCUT2D eigenvalue weighted by atomic mass is 19.1. The molecule has 0 radical (unpaired) electrons. The summed E-state index contributed by atoms with van der Waals surface area (Å²) in [4.78, 5) is 24.2. The first-order chi connectivity index (χ1) is 15.3. The topological polar surface area (TPSA) is 87.5 Å². The first kappa shape index (κ1) is 22.2. The summed E-state index contributed by atoms with van der Waals surface area (Å²) in [5, 5.41) is 0.821. The number of benzene rings is 1. The van der Waals surface area contributed by atoms with Crippen molar-refractivity contribution in [1.29, 1.82) is 0 Å². The van der Waals surface area contributed by atoms with Crippen molar-refractivity contribution in [2.75, 3.05) is 27.2 Å². The van der Waals surface area contributed by atoms with Crippen LogP contribution in [0.25, 0.3) is 11.0 Å². The van der Waals surface area contributed by atoms with E-state index in [1.54, 1.807) is 24.4 Å². The van der Waals surface area contributed by atoms with Crippen molar-refractivity contribution in [3.63, 3.8) is 0 Å². The second-order valence-electron chi connectivity index (χ2n) is 8.73. The molecule has 1 saturated heterocycles. The first-order valence-corrected chi connectivity index (χ1v) is 10.9. The molecule has 1 aliphatic rings. The number of aromatic nitrogens is 2. The number of amides is 1. The zero-order valence-electron chi connectivity index (χ0n) is 18.8. The Morgan fingerprint density at radius 2 is 2.19 bits per heavy atom. The molecule has 1 aromatic carbocycles. The van der Waals surface area contributed by atoms with Gasteiger partial charge < -0.3 is 25.3 Å². The monoisotopic (exact) mass is 439 g/mol. The summed E-state index contributed by atoms with van der Waals surface area (Å²) in [6, 6.07) is 6.08. The fourth-order valence-corrected chi connectivity index (χ4v) is 4.29. The van der Waals surface area contributed by atoms with Crippen molar-refractivity contribution in [1.82, 2.24) is 19.8 Å². The van der Waals surface area contributed by atoms with Gasteiger partial charge in [0.05, 0.1) is 11.4 Å². The second kappa shape index (κ2) is 9.26. The molecule has 1 aliphatic heterocycles. The predicted octanol–water partition coefficient (Wildman–Crippen LogP) is 3.23. The zero-order chi connectivity index (χ0) is 22.8. The van der Waals surface area contributed by atoms with Gasteiger partial charge in [-0.2, -0.15) is 0 Å². The molecule has 0 bridgehead atoms. The smallest absolute Gasteiger partial charge is 0.239 e. The molecule has 8 heteroatoms. The number of hydrogen-bond donors (Lipinski definition) is 2. The molecule has 7 nitrogen and oxygen atoms in total. The van der Waals surface area contributed by atoms with Gasteiger partial charge in [0, 0.05) is 31.5 Å². The van der Waals surface area contributed by atoms with Crippen LogP contribution in [0.2, 0.25) is 0 Å². The highest BCUT2D eigenvalue weighted by Gasteiger charge is 2.28. The Morgan fingerprint density at radius 3 is 2.94 bits per heavy atom. The Morgan fingerprint density at radius 1 is 1.38 bits per heavy atom. The van der Waals surface area contributed by atoms with Gasteiger partial charge >= 0.3 is 0 Å². The summed E-state index contributed by atoms with van der Waals surface area (Å²) in [5.74, 6) is 0.0739. The van der Waals surface area contributed by atoms with Gasteiger partial charge in [-0.05, 0) is 69.6 Å². The first-order valence-electron chi connectivity index (χ1n) is 10.9. The van der Waals surface area contributed by atoms with Crippen LogP contribution in [0.3, 0.4) is 0 Å². The molecule has 3 aromatic rings. The number of nitrogens with two attached hydrogens (primary N) is 1. The maximum Gasteiger partial charge on any atom is 0.239 e.